The van der Waals surface area contributed by atoms with Gasteiger partial charge in [-0.25, -0.2) is 18.1 Å². The van der Waals surface area contributed by atoms with E-state index in [1.54, 1.807) is 33.2 Å². The van der Waals surface area contributed by atoms with Gasteiger partial charge >= 0.3 is 0 Å². The van der Waals surface area contributed by atoms with Crippen molar-refractivity contribution in [3.05, 3.63) is 29.6 Å². The smallest absolute Gasteiger partial charge is 0.244 e. The summed E-state index contributed by atoms with van der Waals surface area (Å²) in [6.07, 6.45) is 3.20. The molecule has 0 radical (unpaired) electrons. The maximum absolute atomic E-state index is 12.5. The predicted octanol–water partition coefficient (Wildman–Crippen LogP) is 0.255. The molecule has 3 N–H and O–H groups in total. The van der Waals surface area contributed by atoms with Crippen LogP contribution < -0.4 is 4.72 Å². The highest BCUT2D eigenvalue weighted by Crippen LogP contribution is 2.21. The number of aliphatic hydroxyl groups is 1. The van der Waals surface area contributed by atoms with Gasteiger partial charge < -0.3 is 10.1 Å². The molecule has 8 nitrogen and oxygen atoms in total. The summed E-state index contributed by atoms with van der Waals surface area (Å²) in [4.78, 5) is 7.06. The molecular formula is C12H19N5O3S. The van der Waals surface area contributed by atoms with E-state index in [9.17, 15) is 8.42 Å². The summed E-state index contributed by atoms with van der Waals surface area (Å²) in [5.74, 6) is 0.539. The minimum Gasteiger partial charge on any atom is -0.394 e. The first-order valence-electron chi connectivity index (χ1n) is 6.53. The Balaban J connectivity index is 2.32. The first-order valence-corrected chi connectivity index (χ1v) is 8.01. The lowest BCUT2D eigenvalue weighted by molar-refractivity contribution is 0.267. The Morgan fingerprint density at radius 3 is 2.76 bits per heavy atom. The molecule has 2 aromatic heterocycles. The van der Waals surface area contributed by atoms with E-state index in [0.29, 0.717) is 17.2 Å². The second-order valence-corrected chi connectivity index (χ2v) is 6.41. The van der Waals surface area contributed by atoms with Crippen LogP contribution in [0.1, 0.15) is 30.2 Å². The van der Waals surface area contributed by atoms with Gasteiger partial charge in [0.05, 0.1) is 30.6 Å². The van der Waals surface area contributed by atoms with Crippen molar-refractivity contribution < 1.29 is 13.5 Å². The zero-order valence-electron chi connectivity index (χ0n) is 12.2. The minimum atomic E-state index is -3.72. The highest BCUT2D eigenvalue weighted by atomic mass is 32.2. The van der Waals surface area contributed by atoms with Crippen molar-refractivity contribution in [2.75, 3.05) is 6.61 Å². The number of aliphatic hydroxyl groups excluding tert-OH is 1. The molecule has 116 valence electrons. The fourth-order valence-corrected chi connectivity index (χ4v) is 3.86. The Bertz CT molecular complexity index is 706. The van der Waals surface area contributed by atoms with Crippen LogP contribution in [0.2, 0.25) is 0 Å². The zero-order valence-corrected chi connectivity index (χ0v) is 13.0. The summed E-state index contributed by atoms with van der Waals surface area (Å²) >= 11 is 0. The summed E-state index contributed by atoms with van der Waals surface area (Å²) in [6, 6.07) is -0.481. The van der Waals surface area contributed by atoms with Crippen molar-refractivity contribution in [1.82, 2.24) is 24.5 Å². The number of aromatic amines is 1. The molecule has 2 aromatic rings. The largest absolute Gasteiger partial charge is 0.394 e. The number of sulfonamides is 1. The van der Waals surface area contributed by atoms with Crippen molar-refractivity contribution in [2.45, 2.75) is 38.3 Å². The van der Waals surface area contributed by atoms with Crippen molar-refractivity contribution in [1.29, 1.82) is 0 Å². The number of aryl methyl sites for hydroxylation is 1. The van der Waals surface area contributed by atoms with Crippen LogP contribution in [0, 0.1) is 13.8 Å². The highest BCUT2D eigenvalue weighted by Gasteiger charge is 2.27. The molecule has 0 aliphatic heterocycles. The van der Waals surface area contributed by atoms with Gasteiger partial charge in [-0.05, 0) is 20.8 Å². The lowest BCUT2D eigenvalue weighted by Gasteiger charge is -2.12. The van der Waals surface area contributed by atoms with Crippen molar-refractivity contribution in [3.8, 4) is 0 Å². The summed E-state index contributed by atoms with van der Waals surface area (Å²) in [5, 5.41) is 13.1. The quantitative estimate of drug-likeness (QED) is 0.708. The topological polar surface area (TPSA) is 113 Å². The number of hydrogen-bond donors (Lipinski definition) is 3. The van der Waals surface area contributed by atoms with Gasteiger partial charge in [0, 0.05) is 12.4 Å². The van der Waals surface area contributed by atoms with Gasteiger partial charge in [-0.2, -0.15) is 5.10 Å². The fourth-order valence-electron chi connectivity index (χ4n) is 2.24. The molecule has 0 aromatic carbocycles. The molecule has 0 saturated carbocycles. The van der Waals surface area contributed by atoms with E-state index in [0.717, 1.165) is 0 Å². The first kappa shape index (κ1) is 15.7. The molecule has 1 atom stereocenters. The average Bonchev–Trinajstić information content (AvgIpc) is 2.98. The van der Waals surface area contributed by atoms with Crippen LogP contribution in [0.4, 0.5) is 0 Å². The number of nitrogens with one attached hydrogen (secondary N) is 2. The molecule has 1 unspecified atom stereocenters. The summed E-state index contributed by atoms with van der Waals surface area (Å²) in [7, 11) is -3.72. The molecule has 9 heteroatoms. The van der Waals surface area contributed by atoms with Gasteiger partial charge in [0.1, 0.15) is 10.7 Å². The Kier molecular flexibility index (Phi) is 4.45. The normalized spacial score (nSPS) is 13.5. The van der Waals surface area contributed by atoms with Crippen molar-refractivity contribution in [2.24, 2.45) is 0 Å². The fraction of sp³-hybridized carbons (Fsp3) is 0.500. The van der Waals surface area contributed by atoms with Crippen LogP contribution in [0.25, 0.3) is 0 Å². The SMILES string of the molecule is Cc1nn(CCO)c(C)c1S(=O)(=O)NC(C)c1ncc[nH]1. The second kappa shape index (κ2) is 5.96. The van der Waals surface area contributed by atoms with Crippen LogP contribution in [0.3, 0.4) is 0 Å². The molecule has 2 heterocycles. The van der Waals surface area contributed by atoms with Gasteiger partial charge in [0.25, 0.3) is 0 Å². The molecule has 0 aliphatic rings. The third-order valence-electron chi connectivity index (χ3n) is 3.16. The molecule has 21 heavy (non-hydrogen) atoms. The Morgan fingerprint density at radius 1 is 1.48 bits per heavy atom. The third-order valence-corrected chi connectivity index (χ3v) is 4.95. The molecular weight excluding hydrogens is 294 g/mol. The van der Waals surface area contributed by atoms with Crippen LogP contribution in [-0.2, 0) is 16.6 Å². The molecule has 0 bridgehead atoms. The van der Waals surface area contributed by atoms with E-state index >= 15 is 0 Å². The Morgan fingerprint density at radius 2 is 2.19 bits per heavy atom. The maximum atomic E-state index is 12.5. The monoisotopic (exact) mass is 313 g/mol. The van der Waals surface area contributed by atoms with Gasteiger partial charge in [-0.1, -0.05) is 0 Å². The molecule has 0 aliphatic carbocycles. The number of hydrogen-bond acceptors (Lipinski definition) is 5. The summed E-state index contributed by atoms with van der Waals surface area (Å²) in [5.41, 5.74) is 0.904. The van der Waals surface area contributed by atoms with Gasteiger partial charge in [0.2, 0.25) is 10.0 Å². The van der Waals surface area contributed by atoms with E-state index in [4.69, 9.17) is 5.11 Å². The van der Waals surface area contributed by atoms with Crippen LogP contribution >= 0.6 is 0 Å². The second-order valence-electron chi connectivity index (χ2n) is 4.76. The molecule has 2 rings (SSSR count). The van der Waals surface area contributed by atoms with Crippen LogP contribution in [0.15, 0.2) is 17.3 Å². The number of rotatable bonds is 6. The Labute approximate surface area is 123 Å². The molecule has 0 spiro atoms. The third kappa shape index (κ3) is 3.14. The molecule has 0 fully saturated rings. The predicted molar refractivity (Wildman–Crippen MR) is 76.1 cm³/mol. The van der Waals surface area contributed by atoms with E-state index in [2.05, 4.69) is 19.8 Å². The first-order chi connectivity index (χ1) is 9.86. The molecule has 0 amide bonds. The van der Waals surface area contributed by atoms with E-state index in [1.165, 1.54) is 4.68 Å². The number of H-pyrrole nitrogens is 1. The number of nitrogens with zero attached hydrogens (tertiary/aromatic N) is 3. The van der Waals surface area contributed by atoms with Crippen LogP contribution in [0.5, 0.6) is 0 Å². The zero-order chi connectivity index (χ0) is 15.6. The number of imidazole rings is 1. The summed E-state index contributed by atoms with van der Waals surface area (Å²) in [6.45, 7) is 5.17. The number of aromatic nitrogens is 4. The highest BCUT2D eigenvalue weighted by molar-refractivity contribution is 7.89. The van der Waals surface area contributed by atoms with Crippen molar-refractivity contribution in [3.63, 3.8) is 0 Å². The van der Waals surface area contributed by atoms with Gasteiger partial charge in [-0.15, -0.1) is 0 Å². The molecule has 0 saturated heterocycles. The van der Waals surface area contributed by atoms with Gasteiger partial charge in [-0.3, -0.25) is 4.68 Å². The minimum absolute atomic E-state index is 0.0995. The van der Waals surface area contributed by atoms with Gasteiger partial charge in [0.15, 0.2) is 0 Å². The van der Waals surface area contributed by atoms with E-state index in [1.807, 2.05) is 0 Å². The average molecular weight is 313 g/mol. The standard InChI is InChI=1S/C12H19N5O3S/c1-8-11(10(3)17(15-8)6-7-18)21(19,20)16-9(2)12-13-4-5-14-12/h4-5,9,16,18H,6-7H2,1-3H3,(H,13,14). The maximum Gasteiger partial charge on any atom is 0.244 e. The van der Waals surface area contributed by atoms with E-state index in [-0.39, 0.29) is 18.0 Å². The Hall–Kier alpha value is -1.71. The van der Waals surface area contributed by atoms with Crippen molar-refractivity contribution >= 4 is 10.0 Å². The lowest BCUT2D eigenvalue weighted by atomic mass is 10.3. The summed E-state index contributed by atoms with van der Waals surface area (Å²) < 4.78 is 29.1. The lowest BCUT2D eigenvalue weighted by Crippen LogP contribution is -2.28. The van der Waals surface area contributed by atoms with Crippen LogP contribution in [-0.4, -0.2) is 39.9 Å². The van der Waals surface area contributed by atoms with E-state index < -0.39 is 16.1 Å².